The highest BCUT2D eigenvalue weighted by atomic mass is 16.6. The van der Waals surface area contributed by atoms with Gasteiger partial charge in [-0.3, -0.25) is 14.9 Å². The molecule has 0 fully saturated rings. The number of fused-ring (bicyclic) bond motifs is 3. The molecule has 2 heterocycles. The van der Waals surface area contributed by atoms with Crippen LogP contribution in [0.2, 0.25) is 0 Å². The minimum Gasteiger partial charge on any atom is -0.439 e. The quantitative estimate of drug-likeness (QED) is 0.265. The van der Waals surface area contributed by atoms with Gasteiger partial charge in [0.1, 0.15) is 0 Å². The van der Waals surface area contributed by atoms with Crippen molar-refractivity contribution in [3.05, 3.63) is 98.3 Å². The molecule has 0 atom stereocenters. The molecule has 0 aliphatic carbocycles. The molecule has 0 saturated heterocycles. The van der Waals surface area contributed by atoms with Crippen LogP contribution in [0.15, 0.2) is 75.9 Å². The van der Waals surface area contributed by atoms with Gasteiger partial charge in [0.2, 0.25) is 5.88 Å². The van der Waals surface area contributed by atoms with Gasteiger partial charge in [-0.2, -0.15) is 0 Å². The molecular formula is C26H21N3O4. The van der Waals surface area contributed by atoms with E-state index < -0.39 is 4.92 Å². The van der Waals surface area contributed by atoms with E-state index in [9.17, 15) is 14.9 Å². The van der Waals surface area contributed by atoms with Crippen molar-refractivity contribution in [2.45, 2.75) is 13.8 Å². The smallest absolute Gasteiger partial charge is 0.269 e. The maximum absolute atomic E-state index is 13.5. The highest BCUT2D eigenvalue weighted by molar-refractivity contribution is 6.11. The molecule has 0 saturated carbocycles. The van der Waals surface area contributed by atoms with Gasteiger partial charge >= 0.3 is 0 Å². The third kappa shape index (κ3) is 3.34. The summed E-state index contributed by atoms with van der Waals surface area (Å²) in [5.74, 6) is 0.416. The molecule has 2 aromatic heterocycles. The van der Waals surface area contributed by atoms with Gasteiger partial charge in [-0.25, -0.2) is 0 Å². The van der Waals surface area contributed by atoms with Gasteiger partial charge in [0.25, 0.3) is 11.2 Å². The van der Waals surface area contributed by atoms with Crippen LogP contribution in [0.1, 0.15) is 11.1 Å². The average molecular weight is 439 g/mol. The number of non-ortho nitro benzene ring substituents is 1. The molecule has 164 valence electrons. The molecule has 0 bridgehead atoms. The minimum atomic E-state index is -0.446. The number of anilines is 2. The maximum atomic E-state index is 13.5. The maximum Gasteiger partial charge on any atom is 0.269 e. The molecule has 0 amide bonds. The van der Waals surface area contributed by atoms with Gasteiger partial charge in [0.05, 0.1) is 21.4 Å². The van der Waals surface area contributed by atoms with E-state index in [1.54, 1.807) is 23.7 Å². The summed E-state index contributed by atoms with van der Waals surface area (Å²) in [6, 6.07) is 19.7. The number of nitrogens with one attached hydrogen (secondary N) is 1. The SMILES string of the molecule is Cc1ccc(Nc2oc3c(c2-c2ccc([N+](=O)[O-])cc2)c(=O)n(C)c2ccccc32)c(C)c1. The van der Waals surface area contributed by atoms with Crippen molar-refractivity contribution in [3.8, 4) is 11.1 Å². The van der Waals surface area contributed by atoms with Crippen LogP contribution in [0.25, 0.3) is 33.0 Å². The molecule has 3 aromatic carbocycles. The molecule has 7 nitrogen and oxygen atoms in total. The van der Waals surface area contributed by atoms with Gasteiger partial charge in [-0.15, -0.1) is 0 Å². The number of rotatable bonds is 4. The number of nitro benzene ring substituents is 1. The fraction of sp³-hybridized carbons (Fsp3) is 0.115. The first-order valence-corrected chi connectivity index (χ1v) is 10.5. The third-order valence-corrected chi connectivity index (χ3v) is 5.93. The standard InChI is InChI=1S/C26H21N3O4/c1-15-8-13-20(16(2)14-15)27-25-22(17-9-11-18(12-10-17)29(31)32)23-24(33-25)19-6-4-5-7-21(19)28(3)26(23)30/h4-14,27H,1-3H3. The molecule has 1 N–H and O–H groups in total. The van der Waals surface area contributed by atoms with Crippen molar-refractivity contribution in [2.75, 3.05) is 5.32 Å². The first-order valence-electron chi connectivity index (χ1n) is 10.5. The Morgan fingerprint density at radius 2 is 1.73 bits per heavy atom. The molecule has 33 heavy (non-hydrogen) atoms. The highest BCUT2D eigenvalue weighted by Gasteiger charge is 2.23. The summed E-state index contributed by atoms with van der Waals surface area (Å²) in [6.07, 6.45) is 0. The van der Waals surface area contributed by atoms with E-state index in [0.29, 0.717) is 28.0 Å². The number of furan rings is 1. The van der Waals surface area contributed by atoms with Gasteiger partial charge in [-0.1, -0.05) is 29.8 Å². The van der Waals surface area contributed by atoms with E-state index in [1.807, 2.05) is 50.2 Å². The molecule has 5 rings (SSSR count). The Balaban J connectivity index is 1.84. The second kappa shape index (κ2) is 7.63. The molecular weight excluding hydrogens is 418 g/mol. The summed E-state index contributed by atoms with van der Waals surface area (Å²) < 4.78 is 7.91. The second-order valence-electron chi connectivity index (χ2n) is 8.14. The number of hydrogen-bond acceptors (Lipinski definition) is 5. The number of aryl methyl sites for hydroxylation is 3. The van der Waals surface area contributed by atoms with Gasteiger partial charge < -0.3 is 14.3 Å². The Labute approximate surface area is 189 Å². The minimum absolute atomic E-state index is 0.0196. The first kappa shape index (κ1) is 20.5. The van der Waals surface area contributed by atoms with E-state index in [4.69, 9.17) is 4.42 Å². The number of benzene rings is 3. The van der Waals surface area contributed by atoms with E-state index in [2.05, 4.69) is 11.4 Å². The van der Waals surface area contributed by atoms with Crippen LogP contribution in [0.5, 0.6) is 0 Å². The Morgan fingerprint density at radius 1 is 1.00 bits per heavy atom. The summed E-state index contributed by atoms with van der Waals surface area (Å²) in [4.78, 5) is 24.2. The van der Waals surface area contributed by atoms with E-state index >= 15 is 0 Å². The average Bonchev–Trinajstić information content (AvgIpc) is 3.19. The summed E-state index contributed by atoms with van der Waals surface area (Å²) in [5.41, 5.74) is 5.27. The lowest BCUT2D eigenvalue weighted by Gasteiger charge is -2.10. The molecule has 7 heteroatoms. The molecule has 0 spiro atoms. The highest BCUT2D eigenvalue weighted by Crippen LogP contribution is 2.41. The zero-order chi connectivity index (χ0) is 23.3. The normalized spacial score (nSPS) is 11.2. The second-order valence-corrected chi connectivity index (χ2v) is 8.14. The lowest BCUT2D eigenvalue weighted by atomic mass is 10.0. The summed E-state index contributed by atoms with van der Waals surface area (Å²) in [6.45, 7) is 4.02. The zero-order valence-corrected chi connectivity index (χ0v) is 18.4. The molecule has 0 aliphatic rings. The number of hydrogen-bond donors (Lipinski definition) is 1. The lowest BCUT2D eigenvalue weighted by molar-refractivity contribution is -0.384. The number of pyridine rings is 1. The zero-order valence-electron chi connectivity index (χ0n) is 18.4. The molecule has 0 radical (unpaired) electrons. The van der Waals surface area contributed by atoms with Crippen LogP contribution in [0.4, 0.5) is 17.3 Å². The number of aromatic nitrogens is 1. The van der Waals surface area contributed by atoms with Crippen molar-refractivity contribution in [3.63, 3.8) is 0 Å². The number of nitrogens with zero attached hydrogens (tertiary/aromatic N) is 2. The van der Waals surface area contributed by atoms with Crippen LogP contribution >= 0.6 is 0 Å². The predicted molar refractivity (Wildman–Crippen MR) is 130 cm³/mol. The Hall–Kier alpha value is -4.39. The van der Waals surface area contributed by atoms with Crippen LogP contribution in [0, 0.1) is 24.0 Å². The van der Waals surface area contributed by atoms with Crippen molar-refractivity contribution >= 4 is 39.1 Å². The van der Waals surface area contributed by atoms with E-state index in [-0.39, 0.29) is 11.2 Å². The van der Waals surface area contributed by atoms with Crippen molar-refractivity contribution in [1.82, 2.24) is 4.57 Å². The van der Waals surface area contributed by atoms with Crippen molar-refractivity contribution in [2.24, 2.45) is 7.05 Å². The fourth-order valence-corrected chi connectivity index (χ4v) is 4.25. The summed E-state index contributed by atoms with van der Waals surface area (Å²) >= 11 is 0. The van der Waals surface area contributed by atoms with Crippen LogP contribution in [-0.4, -0.2) is 9.49 Å². The Bertz CT molecular complexity index is 1610. The molecule has 5 aromatic rings. The Kier molecular flexibility index (Phi) is 4.74. The Morgan fingerprint density at radius 3 is 2.42 bits per heavy atom. The summed E-state index contributed by atoms with van der Waals surface area (Å²) in [7, 11) is 1.73. The van der Waals surface area contributed by atoms with Gasteiger partial charge in [0.15, 0.2) is 5.58 Å². The number of para-hydroxylation sites is 1. The third-order valence-electron chi connectivity index (χ3n) is 5.93. The van der Waals surface area contributed by atoms with E-state index in [1.165, 1.54) is 12.1 Å². The number of nitro groups is 1. The summed E-state index contributed by atoms with van der Waals surface area (Å²) in [5, 5.41) is 15.7. The van der Waals surface area contributed by atoms with Gasteiger partial charge in [0, 0.05) is 30.3 Å². The van der Waals surface area contributed by atoms with Crippen LogP contribution in [0.3, 0.4) is 0 Å². The predicted octanol–water partition coefficient (Wildman–Crippen LogP) is 6.22. The van der Waals surface area contributed by atoms with E-state index in [0.717, 1.165) is 27.7 Å². The van der Waals surface area contributed by atoms with Crippen molar-refractivity contribution < 1.29 is 9.34 Å². The fourth-order valence-electron chi connectivity index (χ4n) is 4.25. The largest absolute Gasteiger partial charge is 0.439 e. The van der Waals surface area contributed by atoms with Crippen LogP contribution < -0.4 is 10.9 Å². The monoisotopic (exact) mass is 439 g/mol. The first-order chi connectivity index (χ1) is 15.8. The van der Waals surface area contributed by atoms with Crippen molar-refractivity contribution in [1.29, 1.82) is 0 Å². The lowest BCUT2D eigenvalue weighted by Crippen LogP contribution is -2.17. The topological polar surface area (TPSA) is 90.3 Å². The van der Waals surface area contributed by atoms with Crippen LogP contribution in [-0.2, 0) is 7.05 Å². The molecule has 0 unspecified atom stereocenters. The van der Waals surface area contributed by atoms with Gasteiger partial charge in [-0.05, 0) is 55.3 Å². The molecule has 0 aliphatic heterocycles.